The van der Waals surface area contributed by atoms with Crippen LogP contribution in [-0.4, -0.2) is 92.4 Å². The van der Waals surface area contributed by atoms with E-state index in [9.17, 15) is 39.2 Å². The van der Waals surface area contributed by atoms with E-state index in [-0.39, 0.29) is 42.3 Å². The van der Waals surface area contributed by atoms with Crippen LogP contribution in [0.4, 0.5) is 4.79 Å². The number of nitrogens with zero attached hydrogens (tertiary/aromatic N) is 3. The molecule has 5 amide bonds. The molecule has 2 aliphatic heterocycles. The molecule has 1 unspecified atom stereocenters. The lowest BCUT2D eigenvalue weighted by molar-refractivity contribution is -0.153. The highest BCUT2D eigenvalue weighted by Crippen LogP contribution is 2.30. The van der Waals surface area contributed by atoms with Gasteiger partial charge in [0.1, 0.15) is 11.5 Å². The number of nitrogens with one attached hydrogen (secondary N) is 2. The Morgan fingerprint density at radius 1 is 1.18 bits per heavy atom. The molecular formula is C24H26BN5O9. The third kappa shape index (κ3) is 5.77. The average Bonchev–Trinajstić information content (AvgIpc) is 2.90. The molecule has 0 spiro atoms. The van der Waals surface area contributed by atoms with Gasteiger partial charge in [-0.05, 0) is 36.6 Å². The summed E-state index contributed by atoms with van der Waals surface area (Å²) in [4.78, 5) is 68.9. The predicted molar refractivity (Wildman–Crippen MR) is 133 cm³/mol. The lowest BCUT2D eigenvalue weighted by atomic mass is 9.72. The number of piperazine rings is 1. The smallest absolute Gasteiger partial charge is 0.534 e. The lowest BCUT2D eigenvalue weighted by Crippen LogP contribution is -2.60. The Balaban J connectivity index is 1.53. The van der Waals surface area contributed by atoms with Gasteiger partial charge in [-0.1, -0.05) is 19.1 Å². The number of hydrogen-bond acceptors (Lipinski definition) is 9. The molecule has 3 heterocycles. The number of aromatic hydroxyl groups is 1. The lowest BCUT2D eigenvalue weighted by Gasteiger charge is -2.33. The zero-order chi connectivity index (χ0) is 28.3. The van der Waals surface area contributed by atoms with Gasteiger partial charge in [0.15, 0.2) is 6.04 Å². The van der Waals surface area contributed by atoms with Crippen LogP contribution >= 0.6 is 0 Å². The molecule has 39 heavy (non-hydrogen) atoms. The summed E-state index contributed by atoms with van der Waals surface area (Å²) in [5.41, 5.74) is 0.290. The number of carboxylic acid groups (broad SMARTS) is 1. The minimum atomic E-state index is -1.61. The number of carbonyl (C=O) groups is 5. The van der Waals surface area contributed by atoms with Crippen molar-refractivity contribution in [2.75, 3.05) is 19.6 Å². The molecule has 5 N–H and O–H groups in total. The molecule has 1 aromatic carbocycles. The fourth-order valence-corrected chi connectivity index (χ4v) is 4.38. The number of benzene rings is 1. The molecule has 1 aromatic heterocycles. The first-order chi connectivity index (χ1) is 18.6. The second kappa shape index (κ2) is 11.4. The molecule has 14 nitrogen and oxygen atoms in total. The number of para-hydroxylation sites is 1. The summed E-state index contributed by atoms with van der Waals surface area (Å²) in [5.74, 6) is -5.19. The van der Waals surface area contributed by atoms with Gasteiger partial charge in [-0.15, -0.1) is 0 Å². The van der Waals surface area contributed by atoms with Crippen LogP contribution in [0.25, 0.3) is 0 Å². The maximum atomic E-state index is 13.4. The first-order valence-electron chi connectivity index (χ1n) is 12.2. The van der Waals surface area contributed by atoms with Crippen LogP contribution in [-0.2, 0) is 20.8 Å². The number of pyridine rings is 1. The van der Waals surface area contributed by atoms with Gasteiger partial charge in [-0.2, -0.15) is 0 Å². The van der Waals surface area contributed by atoms with Gasteiger partial charge in [-0.25, -0.2) is 9.59 Å². The number of rotatable bonds is 7. The molecule has 0 saturated carbocycles. The average molecular weight is 539 g/mol. The normalized spacial score (nSPS) is 17.7. The van der Waals surface area contributed by atoms with Crippen LogP contribution in [0.15, 0.2) is 36.5 Å². The van der Waals surface area contributed by atoms with E-state index in [4.69, 9.17) is 4.65 Å². The van der Waals surface area contributed by atoms with E-state index in [1.807, 2.05) is 6.92 Å². The van der Waals surface area contributed by atoms with Crippen molar-refractivity contribution in [3.63, 3.8) is 0 Å². The maximum absolute atomic E-state index is 13.4. The van der Waals surface area contributed by atoms with Crippen molar-refractivity contribution in [2.24, 2.45) is 0 Å². The van der Waals surface area contributed by atoms with Gasteiger partial charge in [0.05, 0.1) is 23.4 Å². The van der Waals surface area contributed by atoms with Gasteiger partial charge in [0, 0.05) is 19.6 Å². The molecule has 0 bridgehead atoms. The highest BCUT2D eigenvalue weighted by Gasteiger charge is 2.41. The Kier molecular flexibility index (Phi) is 8.00. The maximum Gasteiger partial charge on any atom is 0.547 e. The number of fused-ring (bicyclic) bond motifs is 1. The Bertz CT molecular complexity index is 1310. The summed E-state index contributed by atoms with van der Waals surface area (Å²) >= 11 is 0. The van der Waals surface area contributed by atoms with Gasteiger partial charge in [0.2, 0.25) is 5.91 Å². The van der Waals surface area contributed by atoms with Crippen molar-refractivity contribution in [1.29, 1.82) is 0 Å². The van der Waals surface area contributed by atoms with Crippen molar-refractivity contribution in [3.05, 3.63) is 53.3 Å². The van der Waals surface area contributed by atoms with Crippen molar-refractivity contribution in [2.45, 2.75) is 31.7 Å². The Morgan fingerprint density at radius 3 is 2.62 bits per heavy atom. The zero-order valence-corrected chi connectivity index (χ0v) is 20.9. The summed E-state index contributed by atoms with van der Waals surface area (Å²) < 4.78 is 5.40. The second-order valence-electron chi connectivity index (χ2n) is 9.00. The van der Waals surface area contributed by atoms with E-state index in [0.29, 0.717) is 23.4 Å². The molecule has 0 radical (unpaired) electrons. The van der Waals surface area contributed by atoms with Crippen molar-refractivity contribution in [3.8, 4) is 11.5 Å². The fraction of sp³-hybridized carbons (Fsp3) is 0.333. The Morgan fingerprint density at radius 2 is 1.95 bits per heavy atom. The molecule has 2 aromatic rings. The van der Waals surface area contributed by atoms with E-state index in [1.54, 1.807) is 6.07 Å². The van der Waals surface area contributed by atoms with Crippen molar-refractivity contribution < 1.29 is 43.9 Å². The summed E-state index contributed by atoms with van der Waals surface area (Å²) in [5, 5.41) is 34.5. The molecule has 4 rings (SSSR count). The zero-order valence-electron chi connectivity index (χ0n) is 20.9. The fourth-order valence-electron chi connectivity index (χ4n) is 4.38. The van der Waals surface area contributed by atoms with E-state index >= 15 is 0 Å². The van der Waals surface area contributed by atoms with Gasteiger partial charge >= 0.3 is 30.9 Å². The van der Waals surface area contributed by atoms with Crippen LogP contribution in [0.5, 0.6) is 11.5 Å². The van der Waals surface area contributed by atoms with E-state index < -0.39 is 48.8 Å². The molecule has 2 aliphatic rings. The number of amides is 5. The van der Waals surface area contributed by atoms with Crippen LogP contribution in [0.1, 0.15) is 41.0 Å². The minimum Gasteiger partial charge on any atom is -0.534 e. The molecule has 0 aliphatic carbocycles. The number of imide groups is 1. The largest absolute Gasteiger partial charge is 0.547 e. The number of urea groups is 1. The number of carboxylic acids is 1. The number of carbonyl (C=O) groups excluding carboxylic acids is 4. The number of aromatic carboxylic acids is 1. The van der Waals surface area contributed by atoms with Crippen LogP contribution in [0.3, 0.4) is 0 Å². The summed E-state index contributed by atoms with van der Waals surface area (Å²) in [7, 11) is -1.61. The first kappa shape index (κ1) is 27.4. The SMILES string of the molecule is CCCN1CCN(C(=O)NC(C(=O)N[C@H]2Cc3cccc(C(=O)O)c3OB2O)c2ccc(O)cn2)C(=O)C1=O. The second-order valence-corrected chi connectivity index (χ2v) is 9.00. The molecule has 1 fully saturated rings. The minimum absolute atomic E-state index is 0.00169. The topological polar surface area (TPSA) is 199 Å². The highest BCUT2D eigenvalue weighted by atomic mass is 16.5. The molecule has 1 saturated heterocycles. The quantitative estimate of drug-likeness (QED) is 0.225. The number of aromatic nitrogens is 1. The number of hydrogen-bond donors (Lipinski definition) is 5. The Labute approximate surface area is 222 Å². The first-order valence-corrected chi connectivity index (χ1v) is 12.2. The van der Waals surface area contributed by atoms with Crippen molar-refractivity contribution >= 4 is 36.8 Å². The van der Waals surface area contributed by atoms with E-state index in [0.717, 1.165) is 6.20 Å². The third-order valence-electron chi connectivity index (χ3n) is 6.32. The predicted octanol–water partition coefficient (Wildman–Crippen LogP) is -0.543. The monoisotopic (exact) mass is 539 g/mol. The van der Waals surface area contributed by atoms with Gasteiger partial charge < -0.3 is 35.4 Å². The van der Waals surface area contributed by atoms with Gasteiger partial charge in [0.25, 0.3) is 0 Å². The summed E-state index contributed by atoms with van der Waals surface area (Å²) in [6, 6.07) is 4.45. The third-order valence-corrected chi connectivity index (χ3v) is 6.32. The van der Waals surface area contributed by atoms with E-state index in [2.05, 4.69) is 15.6 Å². The standard InChI is InChI=1S/C24H26BN5O9/c1-2-8-29-9-10-30(22(34)21(29)33)24(37)28-18(16-7-6-14(31)12-26-16)20(32)27-17-11-13-4-3-5-15(23(35)36)19(13)39-25(17)38/h3-7,12,17-18,31,38H,2,8-11H2,1H3,(H,27,32)(H,28,37)(H,35,36)/t17-,18?/m0/s1. The Hall–Kier alpha value is -4.66. The van der Waals surface area contributed by atoms with Crippen molar-refractivity contribution in [1.82, 2.24) is 25.4 Å². The summed E-state index contributed by atoms with van der Waals surface area (Å²) in [6.07, 6.45) is 1.71. The van der Waals surface area contributed by atoms with E-state index in [1.165, 1.54) is 29.2 Å². The molecule has 204 valence electrons. The highest BCUT2D eigenvalue weighted by molar-refractivity contribution is 6.47. The molecular weight excluding hydrogens is 513 g/mol. The van der Waals surface area contributed by atoms with Crippen LogP contribution in [0, 0.1) is 0 Å². The van der Waals surface area contributed by atoms with Crippen LogP contribution < -0.4 is 15.3 Å². The summed E-state index contributed by atoms with van der Waals surface area (Å²) in [6.45, 7) is 2.28. The van der Waals surface area contributed by atoms with Gasteiger partial charge in [-0.3, -0.25) is 24.3 Å². The van der Waals surface area contributed by atoms with Crippen LogP contribution in [0.2, 0.25) is 0 Å². The molecule has 15 heteroatoms. The molecule has 2 atom stereocenters.